The smallest absolute Gasteiger partial charge is 0.306 e. The van der Waals surface area contributed by atoms with Crippen LogP contribution in [0.3, 0.4) is 0 Å². The summed E-state index contributed by atoms with van der Waals surface area (Å²) >= 11 is 0. The van der Waals surface area contributed by atoms with E-state index in [-0.39, 0.29) is 0 Å². The van der Waals surface area contributed by atoms with Gasteiger partial charge in [-0.2, -0.15) is 9.97 Å². The second-order valence-corrected chi connectivity index (χ2v) is 15.9. The predicted octanol–water partition coefficient (Wildman–Crippen LogP) is 2.88. The summed E-state index contributed by atoms with van der Waals surface area (Å²) in [5.41, 5.74) is 1.26. The third kappa shape index (κ3) is 3.97. The van der Waals surface area contributed by atoms with Crippen LogP contribution >= 0.6 is 0 Å². The summed E-state index contributed by atoms with van der Waals surface area (Å²) in [6, 6.07) is 0.387. The molecule has 0 atom stereocenters. The Morgan fingerprint density at radius 1 is 0.950 bits per heavy atom. The molecule has 0 aliphatic rings. The molecular formula is C12H21N5OSi2. The van der Waals surface area contributed by atoms with Gasteiger partial charge in [-0.25, -0.2) is 9.97 Å². The number of fused-ring (bicyclic) bond motifs is 1. The lowest BCUT2D eigenvalue weighted by atomic mass is 10.5. The van der Waals surface area contributed by atoms with Crippen LogP contribution in [0.2, 0.25) is 39.3 Å². The number of anilines is 1. The Balaban J connectivity index is 2.52. The van der Waals surface area contributed by atoms with E-state index in [2.05, 4.69) is 64.2 Å². The Bertz CT molecular complexity index is 621. The van der Waals surface area contributed by atoms with Crippen molar-refractivity contribution in [3.63, 3.8) is 0 Å². The van der Waals surface area contributed by atoms with Gasteiger partial charge < -0.3 is 9.41 Å². The summed E-state index contributed by atoms with van der Waals surface area (Å²) in [6.07, 6.45) is 3.28. The molecule has 0 spiro atoms. The molecule has 0 fully saturated rings. The average molecular weight is 308 g/mol. The Labute approximate surface area is 121 Å². The Morgan fingerprint density at radius 3 is 2.20 bits per heavy atom. The molecule has 0 bridgehead atoms. The quantitative estimate of drug-likeness (QED) is 0.876. The molecule has 0 radical (unpaired) electrons. The number of hydrogen-bond donors (Lipinski definition) is 1. The van der Waals surface area contributed by atoms with Crippen LogP contribution in [0.4, 0.5) is 5.82 Å². The van der Waals surface area contributed by atoms with Gasteiger partial charge in [-0.3, -0.25) is 0 Å². The lowest BCUT2D eigenvalue weighted by Crippen LogP contribution is -2.34. The molecular weight excluding hydrogens is 286 g/mol. The largest absolute Gasteiger partial charge is 0.518 e. The number of rotatable bonds is 4. The van der Waals surface area contributed by atoms with Gasteiger partial charge in [0.05, 0.1) is 0 Å². The first-order chi connectivity index (χ1) is 9.14. The van der Waals surface area contributed by atoms with E-state index in [0.717, 1.165) is 5.82 Å². The van der Waals surface area contributed by atoms with Crippen LogP contribution in [0.25, 0.3) is 11.2 Å². The van der Waals surface area contributed by atoms with Crippen molar-refractivity contribution in [3.05, 3.63) is 12.4 Å². The van der Waals surface area contributed by atoms with E-state index in [1.165, 1.54) is 0 Å². The number of nitrogens with zero attached hydrogens (tertiary/aromatic N) is 4. The number of hydrogen-bond acceptors (Lipinski definition) is 6. The minimum Gasteiger partial charge on any atom is -0.518 e. The summed E-state index contributed by atoms with van der Waals surface area (Å²) in [4.78, 5) is 20.9. The van der Waals surface area contributed by atoms with Crippen molar-refractivity contribution < 1.29 is 4.43 Å². The highest BCUT2D eigenvalue weighted by molar-refractivity contribution is 6.79. The highest BCUT2D eigenvalue weighted by Gasteiger charge is 2.22. The Hall–Kier alpha value is -1.55. The minimum atomic E-state index is -1.76. The van der Waals surface area contributed by atoms with E-state index in [1.54, 1.807) is 12.4 Å². The summed E-state index contributed by atoms with van der Waals surface area (Å²) in [5, 5.41) is 0. The van der Waals surface area contributed by atoms with E-state index in [1.807, 2.05) is 0 Å². The second-order valence-electron chi connectivity index (χ2n) is 6.67. The zero-order valence-electron chi connectivity index (χ0n) is 12.9. The molecule has 0 aliphatic heterocycles. The highest BCUT2D eigenvalue weighted by Crippen LogP contribution is 2.22. The van der Waals surface area contributed by atoms with Crippen LogP contribution in [0.15, 0.2) is 12.4 Å². The Morgan fingerprint density at radius 2 is 1.60 bits per heavy atom. The van der Waals surface area contributed by atoms with E-state index < -0.39 is 16.6 Å². The molecule has 108 valence electrons. The second kappa shape index (κ2) is 5.09. The number of nitrogens with one attached hydrogen (secondary N) is 1. The summed E-state index contributed by atoms with van der Waals surface area (Å²) in [7, 11) is -3.31. The van der Waals surface area contributed by atoms with Gasteiger partial charge in [0.2, 0.25) is 8.32 Å². The molecule has 0 aromatic carbocycles. The van der Waals surface area contributed by atoms with Gasteiger partial charge in [0, 0.05) is 12.4 Å². The fourth-order valence-electron chi connectivity index (χ4n) is 1.61. The lowest BCUT2D eigenvalue weighted by Gasteiger charge is -2.21. The van der Waals surface area contributed by atoms with Gasteiger partial charge in [-0.1, -0.05) is 19.6 Å². The molecule has 0 unspecified atom stereocenters. The molecule has 2 aromatic heterocycles. The van der Waals surface area contributed by atoms with Gasteiger partial charge >= 0.3 is 6.01 Å². The van der Waals surface area contributed by atoms with Crippen molar-refractivity contribution in [1.29, 1.82) is 0 Å². The SMILES string of the molecule is C[Si](C)(C)Nc1nc(O[Si](C)(C)C)nc2nccnc12. The average Bonchev–Trinajstić information content (AvgIpc) is 2.24. The maximum atomic E-state index is 5.89. The van der Waals surface area contributed by atoms with E-state index in [4.69, 9.17) is 4.43 Å². The lowest BCUT2D eigenvalue weighted by molar-refractivity contribution is 0.512. The standard InChI is InChI=1S/C12H21N5OSi2/c1-19(2,3)17-11-9-10(14-8-7-13-9)15-12(16-11)18-20(4,5)6/h7-8H,1-6H3,(H,14,15,16,17). The van der Waals surface area contributed by atoms with E-state index >= 15 is 0 Å². The molecule has 2 aromatic rings. The maximum Gasteiger partial charge on any atom is 0.306 e. The van der Waals surface area contributed by atoms with Crippen molar-refractivity contribution in [2.24, 2.45) is 0 Å². The molecule has 0 saturated carbocycles. The van der Waals surface area contributed by atoms with Gasteiger partial charge in [0.1, 0.15) is 13.8 Å². The van der Waals surface area contributed by atoms with Crippen molar-refractivity contribution in [1.82, 2.24) is 19.9 Å². The Kier molecular flexibility index (Phi) is 3.78. The molecule has 1 N–H and O–H groups in total. The molecule has 0 aliphatic carbocycles. The van der Waals surface area contributed by atoms with Crippen molar-refractivity contribution in [3.8, 4) is 6.01 Å². The van der Waals surface area contributed by atoms with Gasteiger partial charge in [-0.15, -0.1) is 0 Å². The summed E-state index contributed by atoms with van der Waals surface area (Å²) in [5.74, 6) is 0.718. The minimum absolute atomic E-state index is 0.387. The molecule has 0 saturated heterocycles. The molecule has 6 nitrogen and oxygen atoms in total. The fraction of sp³-hybridized carbons (Fsp3) is 0.500. The molecule has 2 rings (SSSR count). The fourth-order valence-corrected chi connectivity index (χ4v) is 3.13. The van der Waals surface area contributed by atoms with E-state index in [9.17, 15) is 0 Å². The molecule has 2 heterocycles. The van der Waals surface area contributed by atoms with Gasteiger partial charge in [0.15, 0.2) is 11.5 Å². The van der Waals surface area contributed by atoms with Crippen molar-refractivity contribution >= 4 is 33.5 Å². The predicted molar refractivity (Wildman–Crippen MR) is 86.1 cm³/mol. The monoisotopic (exact) mass is 307 g/mol. The van der Waals surface area contributed by atoms with Crippen molar-refractivity contribution in [2.75, 3.05) is 4.98 Å². The van der Waals surface area contributed by atoms with Crippen LogP contribution in [0.1, 0.15) is 0 Å². The summed E-state index contributed by atoms with van der Waals surface area (Å²) in [6.45, 7) is 12.9. The van der Waals surface area contributed by atoms with Crippen LogP contribution < -0.4 is 9.41 Å². The highest BCUT2D eigenvalue weighted by atomic mass is 28.4. The van der Waals surface area contributed by atoms with Crippen LogP contribution in [-0.4, -0.2) is 36.5 Å². The molecule has 20 heavy (non-hydrogen) atoms. The first-order valence-electron chi connectivity index (χ1n) is 6.60. The first-order valence-corrected chi connectivity index (χ1v) is 13.5. The maximum absolute atomic E-state index is 5.89. The molecule has 0 amide bonds. The van der Waals surface area contributed by atoms with Crippen LogP contribution in [-0.2, 0) is 0 Å². The number of aromatic nitrogens is 4. The van der Waals surface area contributed by atoms with E-state index in [0.29, 0.717) is 17.2 Å². The van der Waals surface area contributed by atoms with Gasteiger partial charge in [0.25, 0.3) is 0 Å². The van der Waals surface area contributed by atoms with Crippen LogP contribution in [0.5, 0.6) is 6.01 Å². The summed E-state index contributed by atoms with van der Waals surface area (Å²) < 4.78 is 5.89. The van der Waals surface area contributed by atoms with Crippen molar-refractivity contribution in [2.45, 2.75) is 39.3 Å². The molecule has 8 heteroatoms. The van der Waals surface area contributed by atoms with Gasteiger partial charge in [-0.05, 0) is 19.6 Å². The third-order valence-corrected chi connectivity index (χ3v) is 3.98. The third-order valence-electron chi connectivity index (χ3n) is 2.20. The first kappa shape index (κ1) is 14.9. The zero-order valence-corrected chi connectivity index (χ0v) is 14.9. The topological polar surface area (TPSA) is 72.8 Å². The van der Waals surface area contributed by atoms with Crippen LogP contribution in [0, 0.1) is 0 Å². The normalized spacial score (nSPS) is 12.5. The zero-order chi connectivity index (χ0) is 15.0.